The molecule has 1 aromatic heterocycles. The number of carbonyl (C=O) groups excluding carboxylic acids is 4. The van der Waals surface area contributed by atoms with Gasteiger partial charge in [-0.15, -0.1) is 0 Å². The fourth-order valence-corrected chi connectivity index (χ4v) is 6.17. The predicted octanol–water partition coefficient (Wildman–Crippen LogP) is 2.16. The summed E-state index contributed by atoms with van der Waals surface area (Å²) in [4.78, 5) is 55.7. The Morgan fingerprint density at radius 3 is 2.80 bits per heavy atom. The van der Waals surface area contributed by atoms with Gasteiger partial charge >= 0.3 is 0 Å². The molecule has 3 fully saturated rings. The highest BCUT2D eigenvalue weighted by Crippen LogP contribution is 2.48. The summed E-state index contributed by atoms with van der Waals surface area (Å²) in [6.07, 6.45) is 6.36. The number of hydrogen-bond donors (Lipinski definition) is 3. The third-order valence-corrected chi connectivity index (χ3v) is 8.00. The lowest BCUT2D eigenvalue weighted by Gasteiger charge is -2.25. The number of aldehydes is 1. The summed E-state index contributed by atoms with van der Waals surface area (Å²) in [6.45, 7) is 1.11. The van der Waals surface area contributed by atoms with Crippen LogP contribution in [0.25, 0.3) is 10.9 Å². The molecule has 5 rings (SSSR count). The molecule has 1 saturated carbocycles. The molecule has 0 radical (unpaired) electrons. The first-order chi connectivity index (χ1) is 16.9. The number of likely N-dealkylation sites (tertiary alicyclic amines) is 1. The Balaban J connectivity index is 1.38. The fourth-order valence-electron chi connectivity index (χ4n) is 6.17. The number of carbonyl (C=O) groups is 4. The van der Waals surface area contributed by atoms with Crippen molar-refractivity contribution in [1.29, 1.82) is 0 Å². The van der Waals surface area contributed by atoms with E-state index < -0.39 is 12.1 Å². The highest BCUT2D eigenvalue weighted by molar-refractivity contribution is 6.02. The number of nitrogens with zero attached hydrogens (tertiary/aromatic N) is 1. The number of H-pyrrole nitrogens is 1. The van der Waals surface area contributed by atoms with Gasteiger partial charge in [0.1, 0.15) is 23.8 Å². The number of amides is 3. The van der Waals surface area contributed by atoms with Crippen molar-refractivity contribution < 1.29 is 23.9 Å². The summed E-state index contributed by atoms with van der Waals surface area (Å²) in [5, 5.41) is 6.41. The van der Waals surface area contributed by atoms with Gasteiger partial charge in [-0.2, -0.15) is 0 Å². The van der Waals surface area contributed by atoms with E-state index in [0.717, 1.165) is 36.6 Å². The van der Waals surface area contributed by atoms with E-state index in [9.17, 15) is 19.2 Å². The number of ether oxygens (including phenoxy) is 1. The first kappa shape index (κ1) is 23.4. The van der Waals surface area contributed by atoms with Crippen LogP contribution in [0.2, 0.25) is 0 Å². The predicted molar refractivity (Wildman–Crippen MR) is 129 cm³/mol. The van der Waals surface area contributed by atoms with E-state index in [1.807, 2.05) is 18.2 Å². The van der Waals surface area contributed by atoms with Crippen molar-refractivity contribution in [2.45, 2.75) is 57.0 Å². The number of aromatic amines is 1. The maximum atomic E-state index is 13.7. The molecule has 1 aromatic carbocycles. The molecule has 9 nitrogen and oxygen atoms in total. The van der Waals surface area contributed by atoms with E-state index in [1.54, 1.807) is 18.1 Å². The Kier molecular flexibility index (Phi) is 6.25. The minimum atomic E-state index is -0.759. The maximum absolute atomic E-state index is 13.7. The number of rotatable bonds is 7. The Hall–Kier alpha value is -3.36. The Morgan fingerprint density at radius 1 is 1.31 bits per heavy atom. The lowest BCUT2D eigenvalue weighted by molar-refractivity contribution is -0.128. The topological polar surface area (TPSA) is 121 Å². The summed E-state index contributed by atoms with van der Waals surface area (Å²) in [5.74, 6) is -0.251. The summed E-state index contributed by atoms with van der Waals surface area (Å²) in [6, 6.07) is 5.94. The lowest BCUT2D eigenvalue weighted by atomic mass is 9.84. The molecule has 2 aliphatic heterocycles. The third kappa shape index (κ3) is 4.39. The molecule has 2 saturated heterocycles. The smallest absolute Gasteiger partial charge is 0.271 e. The second-order valence-electron chi connectivity index (χ2n) is 10.2. The van der Waals surface area contributed by atoms with Crippen LogP contribution in [0.15, 0.2) is 24.3 Å². The van der Waals surface area contributed by atoms with Crippen LogP contribution in [-0.4, -0.2) is 66.2 Å². The minimum Gasteiger partial charge on any atom is -0.496 e. The van der Waals surface area contributed by atoms with Crippen LogP contribution in [0.3, 0.4) is 0 Å². The molecule has 3 N–H and O–H groups in total. The summed E-state index contributed by atoms with van der Waals surface area (Å²) in [5.41, 5.74) is 1.13. The second-order valence-corrected chi connectivity index (χ2v) is 10.2. The van der Waals surface area contributed by atoms with Gasteiger partial charge in [0.2, 0.25) is 11.8 Å². The van der Waals surface area contributed by atoms with Gasteiger partial charge in [0.05, 0.1) is 13.2 Å². The maximum Gasteiger partial charge on any atom is 0.271 e. The van der Waals surface area contributed by atoms with Gasteiger partial charge in [-0.05, 0) is 55.7 Å². The van der Waals surface area contributed by atoms with Crippen molar-refractivity contribution in [3.8, 4) is 5.75 Å². The number of nitrogens with one attached hydrogen (secondary N) is 3. The Morgan fingerprint density at radius 2 is 2.11 bits per heavy atom. The zero-order chi connectivity index (χ0) is 24.6. The first-order valence-electron chi connectivity index (χ1n) is 12.4. The zero-order valence-electron chi connectivity index (χ0n) is 20.0. The number of benzene rings is 1. The van der Waals surface area contributed by atoms with E-state index in [1.165, 1.54) is 0 Å². The van der Waals surface area contributed by atoms with Gasteiger partial charge in [-0.1, -0.05) is 18.9 Å². The number of methoxy groups -OCH3 is 1. The minimum absolute atomic E-state index is 0.0661. The SMILES string of the molecule is COc1cccc2[nH]c(C(=O)N3CC4(CCCC4)CC3C(=O)N[C@H](C=O)C[C@@H]3CCNC3=O)cc12. The van der Waals surface area contributed by atoms with Crippen LogP contribution in [0.1, 0.15) is 55.4 Å². The van der Waals surface area contributed by atoms with Crippen molar-refractivity contribution in [2.75, 3.05) is 20.2 Å². The first-order valence-corrected chi connectivity index (χ1v) is 12.4. The van der Waals surface area contributed by atoms with E-state index in [0.29, 0.717) is 43.7 Å². The van der Waals surface area contributed by atoms with Crippen molar-refractivity contribution in [1.82, 2.24) is 20.5 Å². The fraction of sp³-hybridized carbons (Fsp3) is 0.538. The molecule has 3 aliphatic rings. The molecular formula is C26H32N4O5. The summed E-state index contributed by atoms with van der Waals surface area (Å²) in [7, 11) is 1.59. The summed E-state index contributed by atoms with van der Waals surface area (Å²) < 4.78 is 5.43. The molecular weight excluding hydrogens is 448 g/mol. The van der Waals surface area contributed by atoms with E-state index in [-0.39, 0.29) is 35.5 Å². The molecule has 2 aromatic rings. The molecule has 186 valence electrons. The van der Waals surface area contributed by atoms with Crippen LogP contribution < -0.4 is 15.4 Å². The largest absolute Gasteiger partial charge is 0.496 e. The Bertz CT molecular complexity index is 1150. The van der Waals surface area contributed by atoms with Crippen molar-refractivity contribution in [3.05, 3.63) is 30.0 Å². The molecule has 0 bridgehead atoms. The van der Waals surface area contributed by atoms with Gasteiger partial charge in [-0.3, -0.25) is 14.4 Å². The molecule has 3 amide bonds. The van der Waals surface area contributed by atoms with Gasteiger partial charge in [0.15, 0.2) is 0 Å². The zero-order valence-corrected chi connectivity index (χ0v) is 20.0. The average Bonchev–Trinajstić information content (AvgIpc) is 3.65. The van der Waals surface area contributed by atoms with Crippen LogP contribution in [-0.2, 0) is 14.4 Å². The molecule has 9 heteroatoms. The van der Waals surface area contributed by atoms with Gasteiger partial charge in [0.25, 0.3) is 5.91 Å². The van der Waals surface area contributed by atoms with Crippen LogP contribution in [0.5, 0.6) is 5.75 Å². The summed E-state index contributed by atoms with van der Waals surface area (Å²) >= 11 is 0. The van der Waals surface area contributed by atoms with E-state index in [2.05, 4.69) is 15.6 Å². The number of fused-ring (bicyclic) bond motifs is 1. The van der Waals surface area contributed by atoms with Crippen LogP contribution in [0, 0.1) is 11.3 Å². The number of hydrogen-bond acceptors (Lipinski definition) is 5. The van der Waals surface area contributed by atoms with Gasteiger partial charge in [-0.25, -0.2) is 0 Å². The third-order valence-electron chi connectivity index (χ3n) is 8.00. The van der Waals surface area contributed by atoms with Gasteiger partial charge in [0, 0.05) is 29.9 Å². The normalized spacial score (nSPS) is 24.0. The van der Waals surface area contributed by atoms with Crippen molar-refractivity contribution in [2.24, 2.45) is 11.3 Å². The highest BCUT2D eigenvalue weighted by atomic mass is 16.5. The van der Waals surface area contributed by atoms with E-state index >= 15 is 0 Å². The highest BCUT2D eigenvalue weighted by Gasteiger charge is 2.50. The van der Waals surface area contributed by atoms with Crippen LogP contribution in [0.4, 0.5) is 0 Å². The number of aromatic nitrogens is 1. The molecule has 1 spiro atoms. The molecule has 3 atom stereocenters. The molecule has 1 unspecified atom stereocenters. The standard InChI is InChI=1S/C26H32N4O5/c1-35-22-6-4-5-19-18(22)12-20(29-19)25(34)30-15-26(8-2-3-9-26)13-21(30)24(33)28-17(14-31)11-16-7-10-27-23(16)32/h4-6,12,14,16-17,21,29H,2-3,7-11,13,15H2,1H3,(H,27,32)(H,28,33)/t16-,17-,21?/m0/s1. The molecule has 35 heavy (non-hydrogen) atoms. The second kappa shape index (κ2) is 9.36. The molecule has 1 aliphatic carbocycles. The van der Waals surface area contributed by atoms with Crippen LogP contribution >= 0.6 is 0 Å². The monoisotopic (exact) mass is 480 g/mol. The Labute approximate surface area is 203 Å². The molecule has 3 heterocycles. The van der Waals surface area contributed by atoms with Crippen molar-refractivity contribution >= 4 is 34.9 Å². The van der Waals surface area contributed by atoms with Gasteiger partial charge < -0.3 is 30.0 Å². The van der Waals surface area contributed by atoms with E-state index in [4.69, 9.17) is 4.74 Å². The average molecular weight is 481 g/mol. The van der Waals surface area contributed by atoms with Crippen molar-refractivity contribution in [3.63, 3.8) is 0 Å². The quantitative estimate of drug-likeness (QED) is 0.525. The lowest BCUT2D eigenvalue weighted by Crippen LogP contribution is -2.49.